The lowest BCUT2D eigenvalue weighted by Crippen LogP contribution is -2.34. The molecule has 1 atom stereocenters. The van der Waals surface area contributed by atoms with Gasteiger partial charge < -0.3 is 10.2 Å². The van der Waals surface area contributed by atoms with E-state index in [9.17, 15) is 19.3 Å². The number of benzene rings is 2. The van der Waals surface area contributed by atoms with Crippen LogP contribution in [0.5, 0.6) is 0 Å². The Morgan fingerprint density at radius 2 is 2.07 bits per heavy atom. The first-order chi connectivity index (χ1) is 12.8. The van der Waals surface area contributed by atoms with Crippen LogP contribution in [-0.2, 0) is 0 Å². The van der Waals surface area contributed by atoms with E-state index < -0.39 is 16.6 Å². The van der Waals surface area contributed by atoms with Crippen molar-refractivity contribution in [3.05, 3.63) is 63.5 Å². The van der Waals surface area contributed by atoms with Gasteiger partial charge in [-0.2, -0.15) is 0 Å². The van der Waals surface area contributed by atoms with E-state index in [2.05, 4.69) is 12.2 Å². The molecule has 0 aliphatic carbocycles. The molecule has 0 spiro atoms. The zero-order valence-electron chi connectivity index (χ0n) is 15.4. The van der Waals surface area contributed by atoms with Crippen molar-refractivity contribution in [2.45, 2.75) is 26.7 Å². The van der Waals surface area contributed by atoms with Crippen molar-refractivity contribution in [3.8, 4) is 0 Å². The van der Waals surface area contributed by atoms with Crippen LogP contribution in [0.3, 0.4) is 0 Å². The summed E-state index contributed by atoms with van der Waals surface area (Å²) >= 11 is 0. The van der Waals surface area contributed by atoms with Crippen molar-refractivity contribution in [1.29, 1.82) is 0 Å². The third-order valence-corrected chi connectivity index (χ3v) is 4.86. The Bertz CT molecular complexity index is 885. The van der Waals surface area contributed by atoms with Gasteiger partial charge in [0, 0.05) is 30.4 Å². The number of halogens is 1. The predicted octanol–water partition coefficient (Wildman–Crippen LogP) is 4.53. The van der Waals surface area contributed by atoms with E-state index in [4.69, 9.17) is 0 Å². The number of nitro benzene ring substituents is 1. The number of aryl methyl sites for hydroxylation is 1. The zero-order chi connectivity index (χ0) is 19.6. The minimum Gasteiger partial charge on any atom is -0.366 e. The molecule has 0 aromatic heterocycles. The molecule has 2 aromatic rings. The van der Waals surface area contributed by atoms with Crippen LogP contribution in [0.2, 0.25) is 0 Å². The van der Waals surface area contributed by atoms with Crippen LogP contribution in [0.4, 0.5) is 21.5 Å². The molecule has 7 heteroatoms. The van der Waals surface area contributed by atoms with Crippen LogP contribution < -0.4 is 10.2 Å². The molecule has 142 valence electrons. The van der Waals surface area contributed by atoms with Gasteiger partial charge in [-0.05, 0) is 55.5 Å². The molecule has 1 heterocycles. The summed E-state index contributed by atoms with van der Waals surface area (Å²) in [5, 5.41) is 14.1. The summed E-state index contributed by atoms with van der Waals surface area (Å²) in [6.45, 7) is 5.28. The minimum absolute atomic E-state index is 0.0909. The lowest BCUT2D eigenvalue weighted by atomic mass is 9.99. The number of anilines is 2. The van der Waals surface area contributed by atoms with Gasteiger partial charge in [0.2, 0.25) is 0 Å². The average molecular weight is 371 g/mol. The van der Waals surface area contributed by atoms with Crippen LogP contribution in [0.15, 0.2) is 36.4 Å². The van der Waals surface area contributed by atoms with Gasteiger partial charge in [0.15, 0.2) is 0 Å². The largest absolute Gasteiger partial charge is 0.366 e. The summed E-state index contributed by atoms with van der Waals surface area (Å²) in [5.41, 5.74) is 1.39. The fourth-order valence-corrected chi connectivity index (χ4v) is 3.36. The van der Waals surface area contributed by atoms with Crippen LogP contribution in [0.1, 0.15) is 35.7 Å². The molecule has 6 nitrogen and oxygen atoms in total. The fourth-order valence-electron chi connectivity index (χ4n) is 3.36. The Morgan fingerprint density at radius 1 is 1.30 bits per heavy atom. The Morgan fingerprint density at radius 3 is 2.74 bits per heavy atom. The molecular formula is C20H22FN3O3. The number of carbonyl (C=O) groups is 1. The lowest BCUT2D eigenvalue weighted by molar-refractivity contribution is -0.384. The summed E-state index contributed by atoms with van der Waals surface area (Å²) in [5.74, 6) is -0.467. The van der Waals surface area contributed by atoms with E-state index in [1.165, 1.54) is 12.1 Å². The van der Waals surface area contributed by atoms with E-state index in [0.29, 0.717) is 22.9 Å². The highest BCUT2D eigenvalue weighted by molar-refractivity contribution is 6.05. The van der Waals surface area contributed by atoms with Crippen molar-refractivity contribution < 1.29 is 14.1 Å². The summed E-state index contributed by atoms with van der Waals surface area (Å²) in [6, 6.07) is 8.87. The summed E-state index contributed by atoms with van der Waals surface area (Å²) in [4.78, 5) is 25.6. The molecule has 27 heavy (non-hydrogen) atoms. The van der Waals surface area contributed by atoms with Gasteiger partial charge in [0.25, 0.3) is 11.6 Å². The molecule has 0 saturated carbocycles. The topological polar surface area (TPSA) is 75.5 Å². The summed E-state index contributed by atoms with van der Waals surface area (Å²) in [7, 11) is 0. The van der Waals surface area contributed by atoms with E-state index in [1.54, 1.807) is 31.2 Å². The van der Waals surface area contributed by atoms with Crippen LogP contribution >= 0.6 is 0 Å². The Kier molecular flexibility index (Phi) is 5.39. The zero-order valence-corrected chi connectivity index (χ0v) is 15.4. The van der Waals surface area contributed by atoms with E-state index in [0.717, 1.165) is 25.9 Å². The normalized spacial score (nSPS) is 16.9. The van der Waals surface area contributed by atoms with Gasteiger partial charge >= 0.3 is 0 Å². The highest BCUT2D eigenvalue weighted by atomic mass is 19.1. The number of hydrogen-bond donors (Lipinski definition) is 1. The molecule has 1 aliphatic rings. The van der Waals surface area contributed by atoms with Crippen LogP contribution in [-0.4, -0.2) is 23.9 Å². The monoisotopic (exact) mass is 371 g/mol. The number of nitrogens with one attached hydrogen (secondary N) is 1. The second-order valence-corrected chi connectivity index (χ2v) is 7.07. The quantitative estimate of drug-likeness (QED) is 0.633. The van der Waals surface area contributed by atoms with Crippen LogP contribution in [0, 0.1) is 28.8 Å². The van der Waals surface area contributed by atoms with Crippen molar-refractivity contribution in [2.24, 2.45) is 5.92 Å². The van der Waals surface area contributed by atoms with Crippen molar-refractivity contribution in [2.75, 3.05) is 23.3 Å². The lowest BCUT2D eigenvalue weighted by Gasteiger charge is -2.32. The smallest absolute Gasteiger partial charge is 0.293 e. The van der Waals surface area contributed by atoms with Crippen molar-refractivity contribution in [1.82, 2.24) is 0 Å². The number of nitro groups is 1. The van der Waals surface area contributed by atoms with Crippen LogP contribution in [0.25, 0.3) is 0 Å². The molecule has 1 saturated heterocycles. The molecule has 0 bridgehead atoms. The van der Waals surface area contributed by atoms with Gasteiger partial charge in [-0.25, -0.2) is 4.39 Å². The highest BCUT2D eigenvalue weighted by Crippen LogP contribution is 2.32. The predicted molar refractivity (Wildman–Crippen MR) is 103 cm³/mol. The first kappa shape index (κ1) is 18.8. The van der Waals surface area contributed by atoms with E-state index in [-0.39, 0.29) is 11.3 Å². The van der Waals surface area contributed by atoms with Gasteiger partial charge in [0.1, 0.15) is 11.5 Å². The molecule has 1 amide bonds. The standard InChI is InChI=1S/C20H22FN3O3/c1-13-4-3-9-23(12-13)18-8-6-15(10-19(18)24(26)27)20(25)22-16-7-5-14(2)17(21)11-16/h5-8,10-11,13H,3-4,9,12H2,1-2H3,(H,22,25)/t13-/m0/s1. The third-order valence-electron chi connectivity index (χ3n) is 4.86. The van der Waals surface area contributed by atoms with Crippen molar-refractivity contribution in [3.63, 3.8) is 0 Å². The van der Waals surface area contributed by atoms with Gasteiger partial charge in [-0.3, -0.25) is 14.9 Å². The molecule has 2 aromatic carbocycles. The van der Waals surface area contributed by atoms with Gasteiger partial charge in [0.05, 0.1) is 4.92 Å². The number of carbonyl (C=O) groups excluding carboxylic acids is 1. The third kappa shape index (κ3) is 4.24. The number of nitrogens with zero attached hydrogens (tertiary/aromatic N) is 2. The minimum atomic E-state index is -0.514. The second-order valence-electron chi connectivity index (χ2n) is 7.07. The molecule has 0 unspecified atom stereocenters. The maximum absolute atomic E-state index is 13.6. The first-order valence-electron chi connectivity index (χ1n) is 8.96. The van der Waals surface area contributed by atoms with Gasteiger partial charge in [-0.1, -0.05) is 13.0 Å². The Hall–Kier alpha value is -2.96. The highest BCUT2D eigenvalue weighted by Gasteiger charge is 2.25. The number of hydrogen-bond acceptors (Lipinski definition) is 4. The SMILES string of the molecule is Cc1ccc(NC(=O)c2ccc(N3CCC[C@H](C)C3)c([N+](=O)[O-])c2)cc1F. The maximum atomic E-state index is 13.6. The number of piperidine rings is 1. The van der Waals surface area contributed by atoms with Gasteiger partial charge in [-0.15, -0.1) is 0 Å². The maximum Gasteiger partial charge on any atom is 0.293 e. The molecule has 0 radical (unpaired) electrons. The number of rotatable bonds is 4. The summed E-state index contributed by atoms with van der Waals surface area (Å²) in [6.07, 6.45) is 2.09. The fraction of sp³-hybridized carbons (Fsp3) is 0.350. The summed E-state index contributed by atoms with van der Waals surface area (Å²) < 4.78 is 13.6. The molecule has 1 N–H and O–H groups in total. The molecule has 3 rings (SSSR count). The second kappa shape index (κ2) is 7.73. The molecule has 1 fully saturated rings. The first-order valence-corrected chi connectivity index (χ1v) is 8.96. The number of amides is 1. The Balaban J connectivity index is 1.85. The van der Waals surface area contributed by atoms with E-state index >= 15 is 0 Å². The Labute approximate surface area is 157 Å². The molecular weight excluding hydrogens is 349 g/mol. The average Bonchev–Trinajstić information content (AvgIpc) is 2.64. The van der Waals surface area contributed by atoms with Crippen molar-refractivity contribution >= 4 is 23.0 Å². The molecule has 1 aliphatic heterocycles. The van der Waals surface area contributed by atoms with E-state index in [1.807, 2.05) is 4.90 Å².